The Bertz CT molecular complexity index is 530. The van der Waals surface area contributed by atoms with Gasteiger partial charge in [0, 0.05) is 12.6 Å². The monoisotopic (exact) mass is 247 g/mol. The molecule has 0 amide bonds. The third-order valence-corrected chi connectivity index (χ3v) is 2.80. The Hall–Kier alpha value is -2.11. The molecule has 0 radical (unpaired) electrons. The maximum atomic E-state index is 5.50. The summed E-state index contributed by atoms with van der Waals surface area (Å²) in [6, 6.07) is 0. The van der Waals surface area contributed by atoms with Gasteiger partial charge in [-0.05, 0) is 20.8 Å². The molecule has 6 nitrogen and oxygen atoms in total. The number of nitrogens with zero attached hydrogens (tertiary/aromatic N) is 3. The first-order valence-electron chi connectivity index (χ1n) is 5.78. The Morgan fingerprint density at radius 2 is 1.89 bits per heavy atom. The zero-order valence-corrected chi connectivity index (χ0v) is 11.0. The molecule has 0 spiro atoms. The molecule has 96 valence electrons. The van der Waals surface area contributed by atoms with Crippen LogP contribution in [0.2, 0.25) is 0 Å². The SMILES string of the molecule is CNc1ncnc(NCc2nc(C)c(C)o2)c1C. The molecule has 2 aromatic rings. The Balaban J connectivity index is 2.10. The van der Waals surface area contributed by atoms with Crippen LogP contribution in [0.25, 0.3) is 0 Å². The molecule has 2 aromatic heterocycles. The molecular weight excluding hydrogens is 230 g/mol. The zero-order valence-electron chi connectivity index (χ0n) is 11.0. The highest BCUT2D eigenvalue weighted by Crippen LogP contribution is 2.18. The molecule has 0 atom stereocenters. The topological polar surface area (TPSA) is 75.9 Å². The van der Waals surface area contributed by atoms with E-state index < -0.39 is 0 Å². The van der Waals surface area contributed by atoms with E-state index in [-0.39, 0.29) is 0 Å². The van der Waals surface area contributed by atoms with Gasteiger partial charge in [0.25, 0.3) is 0 Å². The molecule has 2 N–H and O–H groups in total. The molecule has 0 saturated heterocycles. The van der Waals surface area contributed by atoms with Crippen molar-refractivity contribution in [1.29, 1.82) is 0 Å². The lowest BCUT2D eigenvalue weighted by molar-refractivity contribution is 0.478. The van der Waals surface area contributed by atoms with Crippen molar-refractivity contribution >= 4 is 11.6 Å². The lowest BCUT2D eigenvalue weighted by Gasteiger charge is -2.09. The van der Waals surface area contributed by atoms with Crippen LogP contribution in [0, 0.1) is 20.8 Å². The average molecular weight is 247 g/mol. The maximum absolute atomic E-state index is 5.50. The van der Waals surface area contributed by atoms with Gasteiger partial charge in [-0.3, -0.25) is 0 Å². The summed E-state index contributed by atoms with van der Waals surface area (Å²) in [6.07, 6.45) is 1.52. The average Bonchev–Trinajstić information content (AvgIpc) is 2.67. The first-order valence-corrected chi connectivity index (χ1v) is 5.78. The van der Waals surface area contributed by atoms with Gasteiger partial charge in [0.05, 0.1) is 12.2 Å². The van der Waals surface area contributed by atoms with Gasteiger partial charge in [-0.25, -0.2) is 15.0 Å². The van der Waals surface area contributed by atoms with Crippen LogP contribution in [0.5, 0.6) is 0 Å². The molecule has 18 heavy (non-hydrogen) atoms. The van der Waals surface area contributed by atoms with Crippen molar-refractivity contribution in [3.8, 4) is 0 Å². The predicted octanol–water partition coefficient (Wildman–Crippen LogP) is 2.04. The fourth-order valence-electron chi connectivity index (χ4n) is 1.65. The smallest absolute Gasteiger partial charge is 0.213 e. The molecule has 0 bridgehead atoms. The van der Waals surface area contributed by atoms with Gasteiger partial charge in [0.1, 0.15) is 23.7 Å². The van der Waals surface area contributed by atoms with Crippen LogP contribution >= 0.6 is 0 Å². The minimum Gasteiger partial charge on any atom is -0.444 e. The summed E-state index contributed by atoms with van der Waals surface area (Å²) in [6.45, 7) is 6.30. The molecule has 2 heterocycles. The van der Waals surface area contributed by atoms with Crippen molar-refractivity contribution in [2.75, 3.05) is 17.7 Å². The van der Waals surface area contributed by atoms with E-state index in [0.717, 1.165) is 28.7 Å². The number of oxazole rings is 1. The van der Waals surface area contributed by atoms with Crippen LogP contribution in [-0.2, 0) is 6.54 Å². The third-order valence-electron chi connectivity index (χ3n) is 2.80. The molecule has 0 unspecified atom stereocenters. The fraction of sp³-hybridized carbons (Fsp3) is 0.417. The van der Waals surface area contributed by atoms with Crippen molar-refractivity contribution in [1.82, 2.24) is 15.0 Å². The molecule has 0 fully saturated rings. The van der Waals surface area contributed by atoms with Crippen molar-refractivity contribution < 1.29 is 4.42 Å². The Kier molecular flexibility index (Phi) is 3.45. The van der Waals surface area contributed by atoms with Crippen LogP contribution in [-0.4, -0.2) is 22.0 Å². The normalized spacial score (nSPS) is 10.4. The van der Waals surface area contributed by atoms with E-state index in [9.17, 15) is 0 Å². The van der Waals surface area contributed by atoms with Crippen LogP contribution in [0.1, 0.15) is 22.9 Å². The quantitative estimate of drug-likeness (QED) is 0.861. The van der Waals surface area contributed by atoms with Gasteiger partial charge in [-0.1, -0.05) is 0 Å². The summed E-state index contributed by atoms with van der Waals surface area (Å²) in [5, 5.41) is 6.21. The molecule has 0 aromatic carbocycles. The maximum Gasteiger partial charge on any atom is 0.213 e. The Morgan fingerprint density at radius 1 is 1.17 bits per heavy atom. The highest BCUT2D eigenvalue weighted by atomic mass is 16.4. The molecule has 0 aliphatic carbocycles. The van der Waals surface area contributed by atoms with Gasteiger partial charge >= 0.3 is 0 Å². The summed E-state index contributed by atoms with van der Waals surface area (Å²) in [5.41, 5.74) is 1.89. The van der Waals surface area contributed by atoms with Gasteiger partial charge in [-0.2, -0.15) is 0 Å². The second-order valence-electron chi connectivity index (χ2n) is 4.05. The summed E-state index contributed by atoms with van der Waals surface area (Å²) in [7, 11) is 1.83. The highest BCUT2D eigenvalue weighted by Gasteiger charge is 2.08. The summed E-state index contributed by atoms with van der Waals surface area (Å²) in [4.78, 5) is 12.6. The highest BCUT2D eigenvalue weighted by molar-refractivity contribution is 5.55. The van der Waals surface area contributed by atoms with Crippen molar-refractivity contribution in [2.45, 2.75) is 27.3 Å². The number of rotatable bonds is 4. The van der Waals surface area contributed by atoms with Crippen LogP contribution in [0.4, 0.5) is 11.6 Å². The third kappa shape index (κ3) is 2.42. The minimum atomic E-state index is 0.510. The van der Waals surface area contributed by atoms with Crippen molar-refractivity contribution in [3.63, 3.8) is 0 Å². The van der Waals surface area contributed by atoms with E-state index in [4.69, 9.17) is 4.42 Å². The number of nitrogens with one attached hydrogen (secondary N) is 2. The lowest BCUT2D eigenvalue weighted by Crippen LogP contribution is -2.06. The molecule has 6 heteroatoms. The van der Waals surface area contributed by atoms with E-state index in [1.807, 2.05) is 27.8 Å². The predicted molar refractivity (Wildman–Crippen MR) is 69.6 cm³/mol. The second kappa shape index (κ2) is 5.03. The van der Waals surface area contributed by atoms with Crippen LogP contribution < -0.4 is 10.6 Å². The number of aromatic nitrogens is 3. The molecular formula is C12H17N5O. The van der Waals surface area contributed by atoms with E-state index in [2.05, 4.69) is 25.6 Å². The van der Waals surface area contributed by atoms with Gasteiger partial charge in [0.2, 0.25) is 5.89 Å². The standard InChI is InChI=1S/C12H17N5O/c1-7-11(13-4)15-6-16-12(7)14-5-10-17-8(2)9(3)18-10/h6H,5H2,1-4H3,(H2,13,14,15,16). The number of aryl methyl sites for hydroxylation is 2. The molecule has 0 aliphatic rings. The van der Waals surface area contributed by atoms with E-state index >= 15 is 0 Å². The molecule has 2 rings (SSSR count). The van der Waals surface area contributed by atoms with Gasteiger partial charge in [-0.15, -0.1) is 0 Å². The Morgan fingerprint density at radius 3 is 2.50 bits per heavy atom. The van der Waals surface area contributed by atoms with Crippen molar-refractivity contribution in [3.05, 3.63) is 29.2 Å². The first kappa shape index (κ1) is 12.3. The first-order chi connectivity index (χ1) is 8.61. The molecule has 0 aliphatic heterocycles. The van der Waals surface area contributed by atoms with E-state index in [0.29, 0.717) is 12.4 Å². The second-order valence-corrected chi connectivity index (χ2v) is 4.05. The van der Waals surface area contributed by atoms with E-state index in [1.54, 1.807) is 0 Å². The van der Waals surface area contributed by atoms with Gasteiger partial charge in [0.15, 0.2) is 0 Å². The summed E-state index contributed by atoms with van der Waals surface area (Å²) in [5.74, 6) is 3.10. The fourth-order valence-corrected chi connectivity index (χ4v) is 1.65. The Labute approximate surface area is 106 Å². The van der Waals surface area contributed by atoms with Crippen LogP contribution in [0.3, 0.4) is 0 Å². The lowest BCUT2D eigenvalue weighted by atomic mass is 10.3. The number of hydrogen-bond acceptors (Lipinski definition) is 6. The number of anilines is 2. The largest absolute Gasteiger partial charge is 0.444 e. The van der Waals surface area contributed by atoms with Crippen LogP contribution in [0.15, 0.2) is 10.7 Å². The molecule has 0 saturated carbocycles. The van der Waals surface area contributed by atoms with Crippen molar-refractivity contribution in [2.24, 2.45) is 0 Å². The summed E-state index contributed by atoms with van der Waals surface area (Å²) >= 11 is 0. The zero-order chi connectivity index (χ0) is 13.1. The minimum absolute atomic E-state index is 0.510. The number of hydrogen-bond donors (Lipinski definition) is 2. The van der Waals surface area contributed by atoms with Gasteiger partial charge < -0.3 is 15.1 Å². The van der Waals surface area contributed by atoms with E-state index in [1.165, 1.54) is 6.33 Å². The summed E-state index contributed by atoms with van der Waals surface area (Å²) < 4.78 is 5.50.